The van der Waals surface area contributed by atoms with Gasteiger partial charge in [0.2, 0.25) is 0 Å². The van der Waals surface area contributed by atoms with Crippen LogP contribution in [0.5, 0.6) is 5.75 Å². The largest absolute Gasteiger partial charge is 0.495 e. The quantitative estimate of drug-likeness (QED) is 0.825. The number of unbranched alkanes of at least 4 members (excludes halogenated alkanes) is 1. The Hall–Kier alpha value is -2.89. The summed E-state index contributed by atoms with van der Waals surface area (Å²) in [5, 5.41) is 2.80. The van der Waals surface area contributed by atoms with Gasteiger partial charge in [0.15, 0.2) is 0 Å². The first-order valence-electron chi connectivity index (χ1n) is 8.63. The van der Waals surface area contributed by atoms with Crippen molar-refractivity contribution in [2.24, 2.45) is 0 Å². The summed E-state index contributed by atoms with van der Waals surface area (Å²) in [6.07, 6.45) is 3.43. The van der Waals surface area contributed by atoms with Gasteiger partial charge in [0.1, 0.15) is 11.4 Å². The van der Waals surface area contributed by atoms with Crippen molar-refractivity contribution in [3.05, 3.63) is 53.3 Å². The minimum absolute atomic E-state index is 0.122. The lowest BCUT2D eigenvalue weighted by Gasteiger charge is -2.17. The highest BCUT2D eigenvalue weighted by Crippen LogP contribution is 2.25. The van der Waals surface area contributed by atoms with E-state index in [1.165, 1.54) is 12.3 Å². The normalized spacial score (nSPS) is 10.3. The number of carbonyl (C=O) groups excluding carboxylic acids is 2. The molecule has 0 radical (unpaired) electrons. The number of aromatic nitrogens is 1. The van der Waals surface area contributed by atoms with E-state index in [4.69, 9.17) is 4.74 Å². The van der Waals surface area contributed by atoms with Crippen LogP contribution >= 0.6 is 0 Å². The summed E-state index contributed by atoms with van der Waals surface area (Å²) in [7, 11) is 3.31. The SMILES string of the molecule is CCCCN(C)C(=O)c1ccnc(C(=O)Nc2cc(C)ccc2OC)c1. The van der Waals surface area contributed by atoms with Crippen molar-refractivity contribution in [1.29, 1.82) is 0 Å². The van der Waals surface area contributed by atoms with Crippen LogP contribution in [0.2, 0.25) is 0 Å². The Kier molecular flexibility index (Phi) is 6.72. The van der Waals surface area contributed by atoms with Crippen LogP contribution in [-0.4, -0.2) is 42.4 Å². The molecule has 0 fully saturated rings. The van der Waals surface area contributed by atoms with E-state index in [0.29, 0.717) is 23.5 Å². The molecule has 1 N–H and O–H groups in total. The monoisotopic (exact) mass is 355 g/mol. The summed E-state index contributed by atoms with van der Waals surface area (Å²) in [4.78, 5) is 30.8. The summed E-state index contributed by atoms with van der Waals surface area (Å²) in [6, 6.07) is 8.65. The van der Waals surface area contributed by atoms with Gasteiger partial charge in [0.05, 0.1) is 12.8 Å². The van der Waals surface area contributed by atoms with Gasteiger partial charge < -0.3 is 15.0 Å². The molecule has 1 heterocycles. The minimum atomic E-state index is -0.389. The average Bonchev–Trinajstić information content (AvgIpc) is 2.65. The number of pyridine rings is 1. The van der Waals surface area contributed by atoms with Crippen molar-refractivity contribution < 1.29 is 14.3 Å². The van der Waals surface area contributed by atoms with Crippen LogP contribution in [0, 0.1) is 6.92 Å². The number of carbonyl (C=O) groups is 2. The Bertz CT molecular complexity index is 790. The Morgan fingerprint density at radius 1 is 1.23 bits per heavy atom. The molecule has 1 aromatic heterocycles. The second-order valence-electron chi connectivity index (χ2n) is 6.17. The Labute approximate surface area is 154 Å². The first-order valence-corrected chi connectivity index (χ1v) is 8.63. The number of nitrogens with one attached hydrogen (secondary N) is 1. The number of methoxy groups -OCH3 is 1. The first-order chi connectivity index (χ1) is 12.5. The first kappa shape index (κ1) is 19.4. The number of anilines is 1. The molecule has 2 rings (SSSR count). The predicted molar refractivity (Wildman–Crippen MR) is 102 cm³/mol. The Morgan fingerprint density at radius 3 is 2.69 bits per heavy atom. The number of hydrogen-bond acceptors (Lipinski definition) is 4. The van der Waals surface area contributed by atoms with Crippen LogP contribution < -0.4 is 10.1 Å². The van der Waals surface area contributed by atoms with Crippen LogP contribution in [0.4, 0.5) is 5.69 Å². The molecule has 138 valence electrons. The highest BCUT2D eigenvalue weighted by atomic mass is 16.5. The van der Waals surface area contributed by atoms with Crippen molar-refractivity contribution in [2.75, 3.05) is 26.0 Å². The van der Waals surface area contributed by atoms with Crippen LogP contribution in [0.3, 0.4) is 0 Å². The molecule has 0 unspecified atom stereocenters. The molecule has 0 aliphatic heterocycles. The molecule has 6 heteroatoms. The van der Waals surface area contributed by atoms with Crippen molar-refractivity contribution in [3.63, 3.8) is 0 Å². The third kappa shape index (κ3) is 4.81. The number of aryl methyl sites for hydroxylation is 1. The lowest BCUT2D eigenvalue weighted by Crippen LogP contribution is -2.28. The highest BCUT2D eigenvalue weighted by molar-refractivity contribution is 6.05. The van der Waals surface area contributed by atoms with Crippen molar-refractivity contribution >= 4 is 17.5 Å². The fourth-order valence-corrected chi connectivity index (χ4v) is 2.51. The van der Waals surface area contributed by atoms with E-state index >= 15 is 0 Å². The summed E-state index contributed by atoms with van der Waals surface area (Å²) in [5.41, 5.74) is 2.19. The maximum atomic E-state index is 12.6. The molecule has 6 nitrogen and oxygen atoms in total. The molecule has 0 saturated carbocycles. The molecule has 0 spiro atoms. The summed E-state index contributed by atoms with van der Waals surface area (Å²) < 4.78 is 5.27. The maximum Gasteiger partial charge on any atom is 0.274 e. The second kappa shape index (κ2) is 8.99. The summed E-state index contributed by atoms with van der Waals surface area (Å²) in [5.74, 6) is 0.0540. The van der Waals surface area contributed by atoms with E-state index in [1.54, 1.807) is 31.2 Å². The van der Waals surface area contributed by atoms with Crippen LogP contribution in [0.15, 0.2) is 36.5 Å². The van der Waals surface area contributed by atoms with Crippen molar-refractivity contribution in [1.82, 2.24) is 9.88 Å². The van der Waals surface area contributed by atoms with Crippen LogP contribution in [0.1, 0.15) is 46.2 Å². The summed E-state index contributed by atoms with van der Waals surface area (Å²) >= 11 is 0. The van der Waals surface area contributed by atoms with E-state index in [2.05, 4.69) is 17.2 Å². The lowest BCUT2D eigenvalue weighted by molar-refractivity contribution is 0.0793. The average molecular weight is 355 g/mol. The second-order valence-corrected chi connectivity index (χ2v) is 6.17. The zero-order valence-electron chi connectivity index (χ0n) is 15.7. The summed E-state index contributed by atoms with van der Waals surface area (Å²) in [6.45, 7) is 4.69. The topological polar surface area (TPSA) is 71.5 Å². The third-order valence-corrected chi connectivity index (χ3v) is 4.04. The molecular weight excluding hydrogens is 330 g/mol. The van der Waals surface area contributed by atoms with Gasteiger partial charge in [0.25, 0.3) is 11.8 Å². The van der Waals surface area contributed by atoms with Crippen molar-refractivity contribution in [3.8, 4) is 5.75 Å². The molecule has 0 aliphatic carbocycles. The van der Waals surface area contributed by atoms with Gasteiger partial charge >= 0.3 is 0 Å². The zero-order valence-corrected chi connectivity index (χ0v) is 15.7. The molecule has 1 aromatic carbocycles. The van der Waals surface area contributed by atoms with Crippen LogP contribution in [0.25, 0.3) is 0 Å². The molecule has 0 saturated heterocycles. The van der Waals surface area contributed by atoms with Gasteiger partial charge in [0, 0.05) is 25.4 Å². The Morgan fingerprint density at radius 2 is 2.00 bits per heavy atom. The molecule has 26 heavy (non-hydrogen) atoms. The molecule has 2 amide bonds. The van der Waals surface area contributed by atoms with E-state index < -0.39 is 0 Å². The number of benzene rings is 1. The zero-order chi connectivity index (χ0) is 19.1. The van der Waals surface area contributed by atoms with Crippen LogP contribution in [-0.2, 0) is 0 Å². The van der Waals surface area contributed by atoms with E-state index in [1.807, 2.05) is 19.1 Å². The van der Waals surface area contributed by atoms with Gasteiger partial charge in [-0.1, -0.05) is 19.4 Å². The van der Waals surface area contributed by atoms with Crippen molar-refractivity contribution in [2.45, 2.75) is 26.7 Å². The fraction of sp³-hybridized carbons (Fsp3) is 0.350. The van der Waals surface area contributed by atoms with Gasteiger partial charge in [-0.15, -0.1) is 0 Å². The molecular formula is C20H25N3O3. The number of hydrogen-bond donors (Lipinski definition) is 1. The maximum absolute atomic E-state index is 12.6. The molecule has 0 bridgehead atoms. The molecule has 0 aliphatic rings. The Balaban J connectivity index is 2.18. The van der Waals surface area contributed by atoms with Gasteiger partial charge in [-0.2, -0.15) is 0 Å². The smallest absolute Gasteiger partial charge is 0.274 e. The minimum Gasteiger partial charge on any atom is -0.495 e. The number of ether oxygens (including phenoxy) is 1. The number of amides is 2. The fourth-order valence-electron chi connectivity index (χ4n) is 2.51. The van der Waals surface area contributed by atoms with Gasteiger partial charge in [-0.3, -0.25) is 14.6 Å². The van der Waals surface area contributed by atoms with Gasteiger partial charge in [-0.25, -0.2) is 0 Å². The van der Waals surface area contributed by atoms with E-state index in [-0.39, 0.29) is 17.5 Å². The van der Waals surface area contributed by atoms with Gasteiger partial charge in [-0.05, 0) is 43.2 Å². The molecule has 2 aromatic rings. The lowest BCUT2D eigenvalue weighted by atomic mass is 10.1. The standard InChI is InChI=1S/C20H25N3O3/c1-5-6-11-23(3)20(25)15-9-10-21-17(13-15)19(24)22-16-12-14(2)7-8-18(16)26-4/h7-10,12-13H,5-6,11H2,1-4H3,(H,22,24). The van der Waals surface area contributed by atoms with E-state index in [9.17, 15) is 9.59 Å². The van der Waals surface area contributed by atoms with E-state index in [0.717, 1.165) is 18.4 Å². The third-order valence-electron chi connectivity index (χ3n) is 4.04. The molecule has 0 atom stereocenters. The number of rotatable bonds is 7. The predicted octanol–water partition coefficient (Wildman–Crippen LogP) is 3.52. The number of nitrogens with zero attached hydrogens (tertiary/aromatic N) is 2. The highest BCUT2D eigenvalue weighted by Gasteiger charge is 2.16.